The van der Waals surface area contributed by atoms with Gasteiger partial charge in [0.15, 0.2) is 0 Å². The molecule has 1 aromatic rings. The van der Waals surface area contributed by atoms with Crippen LogP contribution in [-0.2, 0) is 4.79 Å². The summed E-state index contributed by atoms with van der Waals surface area (Å²) in [5, 5.41) is 3.09. The standard InChI is InChI=1S/C16H22F2N2O/c1-3-4-5-6-9-20-15(19-11(2)16(20)21)13-8-7-12(17)10-14(13)18/h7-8,10-11,15,19H,3-6,9H2,1-2H3. The topological polar surface area (TPSA) is 32.3 Å². The predicted octanol–water partition coefficient (Wildman–Crippen LogP) is 3.36. The van der Waals surface area contributed by atoms with E-state index in [9.17, 15) is 13.6 Å². The van der Waals surface area contributed by atoms with Crippen molar-refractivity contribution in [3.05, 3.63) is 35.4 Å². The van der Waals surface area contributed by atoms with Gasteiger partial charge in [0.2, 0.25) is 5.91 Å². The van der Waals surface area contributed by atoms with Crippen molar-refractivity contribution in [2.45, 2.75) is 51.7 Å². The zero-order valence-corrected chi connectivity index (χ0v) is 12.5. The highest BCUT2D eigenvalue weighted by Crippen LogP contribution is 2.28. The molecule has 1 saturated heterocycles. The zero-order valence-electron chi connectivity index (χ0n) is 12.5. The highest BCUT2D eigenvalue weighted by atomic mass is 19.1. The minimum Gasteiger partial charge on any atom is -0.321 e. The number of carbonyl (C=O) groups is 1. The van der Waals surface area contributed by atoms with E-state index in [0.29, 0.717) is 12.1 Å². The number of amides is 1. The van der Waals surface area contributed by atoms with Gasteiger partial charge in [-0.2, -0.15) is 0 Å². The second-order valence-corrected chi connectivity index (χ2v) is 5.55. The maximum absolute atomic E-state index is 14.0. The van der Waals surface area contributed by atoms with Crippen molar-refractivity contribution in [1.29, 1.82) is 0 Å². The van der Waals surface area contributed by atoms with Gasteiger partial charge < -0.3 is 4.90 Å². The average Bonchev–Trinajstić information content (AvgIpc) is 2.71. The van der Waals surface area contributed by atoms with Crippen LogP contribution < -0.4 is 5.32 Å². The summed E-state index contributed by atoms with van der Waals surface area (Å²) in [5.41, 5.74) is 0.324. The molecule has 0 aromatic heterocycles. The molecule has 1 heterocycles. The van der Waals surface area contributed by atoms with Crippen LogP contribution in [0, 0.1) is 11.6 Å². The number of nitrogens with one attached hydrogen (secondary N) is 1. The third-order valence-electron chi connectivity index (χ3n) is 3.88. The summed E-state index contributed by atoms with van der Waals surface area (Å²) in [6.07, 6.45) is 3.69. The Bertz CT molecular complexity index is 507. The van der Waals surface area contributed by atoms with Gasteiger partial charge in [-0.05, 0) is 25.5 Å². The van der Waals surface area contributed by atoms with Gasteiger partial charge in [-0.3, -0.25) is 10.1 Å². The first kappa shape index (κ1) is 15.9. The molecule has 1 aliphatic heterocycles. The Hall–Kier alpha value is -1.49. The Morgan fingerprint density at radius 2 is 2.00 bits per heavy atom. The molecule has 2 unspecified atom stereocenters. The summed E-state index contributed by atoms with van der Waals surface area (Å²) in [6, 6.07) is 3.15. The van der Waals surface area contributed by atoms with E-state index >= 15 is 0 Å². The van der Waals surface area contributed by atoms with Crippen molar-refractivity contribution in [3.63, 3.8) is 0 Å². The third kappa shape index (κ3) is 3.59. The lowest BCUT2D eigenvalue weighted by atomic mass is 10.1. The Morgan fingerprint density at radius 1 is 1.24 bits per heavy atom. The van der Waals surface area contributed by atoms with Crippen molar-refractivity contribution in [2.24, 2.45) is 0 Å². The van der Waals surface area contributed by atoms with E-state index < -0.39 is 17.8 Å². The van der Waals surface area contributed by atoms with Crippen LogP contribution in [-0.4, -0.2) is 23.4 Å². The van der Waals surface area contributed by atoms with E-state index in [1.54, 1.807) is 11.8 Å². The fraction of sp³-hybridized carbons (Fsp3) is 0.562. The first-order valence-corrected chi connectivity index (χ1v) is 7.56. The van der Waals surface area contributed by atoms with Gasteiger partial charge in [0.05, 0.1) is 6.04 Å². The summed E-state index contributed by atoms with van der Waals surface area (Å²) < 4.78 is 27.0. The van der Waals surface area contributed by atoms with E-state index in [0.717, 1.165) is 31.7 Å². The van der Waals surface area contributed by atoms with Crippen LogP contribution >= 0.6 is 0 Å². The van der Waals surface area contributed by atoms with Crippen LogP contribution in [0.3, 0.4) is 0 Å². The largest absolute Gasteiger partial charge is 0.321 e. The molecule has 3 nitrogen and oxygen atoms in total. The fourth-order valence-electron chi connectivity index (χ4n) is 2.70. The van der Waals surface area contributed by atoms with Crippen LogP contribution in [0.2, 0.25) is 0 Å². The molecule has 2 atom stereocenters. The SMILES string of the molecule is CCCCCCN1C(=O)C(C)NC1c1ccc(F)cc1F. The molecule has 21 heavy (non-hydrogen) atoms. The van der Waals surface area contributed by atoms with Gasteiger partial charge >= 0.3 is 0 Å². The maximum atomic E-state index is 14.0. The maximum Gasteiger partial charge on any atom is 0.241 e. The minimum atomic E-state index is -0.618. The molecule has 0 spiro atoms. The number of nitrogens with zero attached hydrogens (tertiary/aromatic N) is 1. The zero-order chi connectivity index (χ0) is 15.4. The first-order chi connectivity index (χ1) is 10.0. The summed E-state index contributed by atoms with van der Waals surface area (Å²) in [5.74, 6) is -1.25. The van der Waals surface area contributed by atoms with Crippen LogP contribution in [0.15, 0.2) is 18.2 Å². The number of hydrogen-bond acceptors (Lipinski definition) is 2. The molecule has 1 fully saturated rings. The average molecular weight is 296 g/mol. The van der Waals surface area contributed by atoms with E-state index in [-0.39, 0.29) is 11.9 Å². The quantitative estimate of drug-likeness (QED) is 0.816. The minimum absolute atomic E-state index is 0.0276. The monoisotopic (exact) mass is 296 g/mol. The predicted molar refractivity (Wildman–Crippen MR) is 77.6 cm³/mol. The molecule has 1 amide bonds. The van der Waals surface area contributed by atoms with Crippen LogP contribution in [0.5, 0.6) is 0 Å². The molecule has 0 bridgehead atoms. The lowest BCUT2D eigenvalue weighted by Crippen LogP contribution is -2.32. The highest BCUT2D eigenvalue weighted by molar-refractivity contribution is 5.84. The van der Waals surface area contributed by atoms with Crippen LogP contribution in [0.25, 0.3) is 0 Å². The summed E-state index contributed by atoms with van der Waals surface area (Å²) in [6.45, 7) is 4.49. The van der Waals surface area contributed by atoms with Gasteiger partial charge in [-0.1, -0.05) is 26.2 Å². The Balaban J connectivity index is 2.13. The van der Waals surface area contributed by atoms with Crippen molar-refractivity contribution in [3.8, 4) is 0 Å². The smallest absolute Gasteiger partial charge is 0.241 e. The van der Waals surface area contributed by atoms with Crippen LogP contribution in [0.4, 0.5) is 8.78 Å². The number of hydrogen-bond donors (Lipinski definition) is 1. The normalized spacial score (nSPS) is 22.1. The van der Waals surface area contributed by atoms with E-state index in [1.807, 2.05) is 0 Å². The molecule has 2 rings (SSSR count). The van der Waals surface area contributed by atoms with Gasteiger partial charge in [-0.25, -0.2) is 8.78 Å². The molecule has 0 aliphatic carbocycles. The second-order valence-electron chi connectivity index (χ2n) is 5.55. The molecule has 116 valence electrons. The number of unbranched alkanes of at least 4 members (excludes halogenated alkanes) is 3. The number of carbonyl (C=O) groups excluding carboxylic acids is 1. The summed E-state index contributed by atoms with van der Waals surface area (Å²) in [7, 11) is 0. The van der Waals surface area contributed by atoms with E-state index in [2.05, 4.69) is 12.2 Å². The first-order valence-electron chi connectivity index (χ1n) is 7.56. The second kappa shape index (κ2) is 6.98. The summed E-state index contributed by atoms with van der Waals surface area (Å²) in [4.78, 5) is 13.9. The molecule has 1 N–H and O–H groups in total. The molecule has 1 aliphatic rings. The summed E-state index contributed by atoms with van der Waals surface area (Å²) >= 11 is 0. The van der Waals surface area contributed by atoms with Gasteiger partial charge in [0, 0.05) is 18.2 Å². The van der Waals surface area contributed by atoms with Crippen molar-refractivity contribution >= 4 is 5.91 Å². The Morgan fingerprint density at radius 3 is 2.67 bits per heavy atom. The number of benzene rings is 1. The number of rotatable bonds is 6. The van der Waals surface area contributed by atoms with E-state index in [1.165, 1.54) is 12.1 Å². The highest BCUT2D eigenvalue weighted by Gasteiger charge is 2.37. The molecular weight excluding hydrogens is 274 g/mol. The third-order valence-corrected chi connectivity index (χ3v) is 3.88. The molecule has 0 saturated carbocycles. The Labute approximate surface area is 124 Å². The van der Waals surface area contributed by atoms with Gasteiger partial charge in [0.1, 0.15) is 17.8 Å². The van der Waals surface area contributed by atoms with Crippen LogP contribution in [0.1, 0.15) is 51.3 Å². The Kier molecular flexibility index (Phi) is 5.28. The fourth-order valence-corrected chi connectivity index (χ4v) is 2.70. The van der Waals surface area contributed by atoms with E-state index in [4.69, 9.17) is 0 Å². The van der Waals surface area contributed by atoms with Gasteiger partial charge in [0.25, 0.3) is 0 Å². The number of halogens is 2. The molecule has 0 radical (unpaired) electrons. The van der Waals surface area contributed by atoms with Crippen molar-refractivity contribution < 1.29 is 13.6 Å². The van der Waals surface area contributed by atoms with Gasteiger partial charge in [-0.15, -0.1) is 0 Å². The van der Waals surface area contributed by atoms with Crippen molar-refractivity contribution in [1.82, 2.24) is 10.2 Å². The molecule has 5 heteroatoms. The lowest BCUT2D eigenvalue weighted by Gasteiger charge is -2.25. The molecule has 1 aromatic carbocycles. The van der Waals surface area contributed by atoms with Crippen molar-refractivity contribution in [2.75, 3.05) is 6.54 Å². The lowest BCUT2D eigenvalue weighted by molar-refractivity contribution is -0.129. The molecular formula is C16H22F2N2O.